The number of hydrogen-bond acceptors (Lipinski definition) is 6. The standard InChI is InChI=1S/C17H25BN4O2/c1-11(2)16-20-17(24-21-16)22-8-6-13(7-9-22)10-23-14-4-5-15(18)19-12(14)3/h4-5,11,13H,6-10,18H2,1-3H3. The molecule has 2 aromatic rings. The highest BCUT2D eigenvalue weighted by atomic mass is 16.5. The van der Waals surface area contributed by atoms with Crippen molar-refractivity contribution >= 4 is 19.5 Å². The minimum atomic E-state index is 0.291. The van der Waals surface area contributed by atoms with Gasteiger partial charge in [0.2, 0.25) is 0 Å². The van der Waals surface area contributed by atoms with Gasteiger partial charge < -0.3 is 14.2 Å². The molecule has 1 fully saturated rings. The largest absolute Gasteiger partial charge is 0.491 e. The maximum Gasteiger partial charge on any atom is 0.324 e. The quantitative estimate of drug-likeness (QED) is 0.774. The maximum absolute atomic E-state index is 5.98. The van der Waals surface area contributed by atoms with Gasteiger partial charge in [0.25, 0.3) is 0 Å². The van der Waals surface area contributed by atoms with Gasteiger partial charge >= 0.3 is 6.01 Å². The second kappa shape index (κ2) is 7.24. The minimum Gasteiger partial charge on any atom is -0.491 e. The van der Waals surface area contributed by atoms with E-state index in [-0.39, 0.29) is 0 Å². The van der Waals surface area contributed by atoms with Crippen molar-refractivity contribution in [1.29, 1.82) is 0 Å². The highest BCUT2D eigenvalue weighted by molar-refractivity contribution is 6.30. The number of hydrogen-bond donors (Lipinski definition) is 0. The summed E-state index contributed by atoms with van der Waals surface area (Å²) in [6.45, 7) is 8.73. The monoisotopic (exact) mass is 328 g/mol. The molecule has 7 heteroatoms. The van der Waals surface area contributed by atoms with Crippen molar-refractivity contribution in [2.45, 2.75) is 39.5 Å². The second-order valence-electron chi connectivity index (χ2n) is 6.87. The van der Waals surface area contributed by atoms with E-state index in [0.29, 0.717) is 17.9 Å². The van der Waals surface area contributed by atoms with Crippen molar-refractivity contribution in [3.05, 3.63) is 23.7 Å². The van der Waals surface area contributed by atoms with Crippen LogP contribution in [0.5, 0.6) is 5.75 Å². The summed E-state index contributed by atoms with van der Waals surface area (Å²) in [4.78, 5) is 11.1. The van der Waals surface area contributed by atoms with E-state index in [1.165, 1.54) is 0 Å². The predicted molar refractivity (Wildman–Crippen MR) is 96.0 cm³/mol. The molecule has 3 heterocycles. The topological polar surface area (TPSA) is 64.3 Å². The van der Waals surface area contributed by atoms with Crippen LogP contribution in [-0.2, 0) is 0 Å². The first kappa shape index (κ1) is 16.8. The van der Waals surface area contributed by atoms with Gasteiger partial charge in [-0.25, -0.2) is 0 Å². The number of pyridine rings is 1. The fourth-order valence-corrected chi connectivity index (χ4v) is 2.91. The van der Waals surface area contributed by atoms with E-state index < -0.39 is 0 Å². The number of aryl methyl sites for hydroxylation is 1. The number of aromatic nitrogens is 3. The summed E-state index contributed by atoms with van der Waals surface area (Å²) in [5.41, 5.74) is 1.98. The molecule has 6 nitrogen and oxygen atoms in total. The molecule has 1 aliphatic heterocycles. The smallest absolute Gasteiger partial charge is 0.324 e. The van der Waals surface area contributed by atoms with Gasteiger partial charge in [-0.15, -0.1) is 0 Å². The highest BCUT2D eigenvalue weighted by Gasteiger charge is 2.24. The average molecular weight is 328 g/mol. The molecule has 0 atom stereocenters. The Kier molecular flexibility index (Phi) is 5.07. The van der Waals surface area contributed by atoms with Crippen molar-refractivity contribution in [1.82, 2.24) is 15.1 Å². The van der Waals surface area contributed by atoms with Crippen molar-refractivity contribution in [2.75, 3.05) is 24.6 Å². The minimum absolute atomic E-state index is 0.291. The third kappa shape index (κ3) is 3.89. The third-order valence-electron chi connectivity index (χ3n) is 4.48. The Morgan fingerprint density at radius 1 is 1.29 bits per heavy atom. The lowest BCUT2D eigenvalue weighted by molar-refractivity contribution is 0.218. The molecule has 3 rings (SSSR count). The Balaban J connectivity index is 1.49. The Morgan fingerprint density at radius 3 is 2.67 bits per heavy atom. The van der Waals surface area contributed by atoms with Crippen LogP contribution in [0.3, 0.4) is 0 Å². The molecule has 0 aromatic carbocycles. The zero-order valence-corrected chi connectivity index (χ0v) is 15.0. The van der Waals surface area contributed by atoms with Crippen LogP contribution >= 0.6 is 0 Å². The summed E-state index contributed by atoms with van der Waals surface area (Å²) in [5.74, 6) is 2.51. The summed E-state index contributed by atoms with van der Waals surface area (Å²) in [6, 6.07) is 4.66. The van der Waals surface area contributed by atoms with Crippen LogP contribution in [-0.4, -0.2) is 42.7 Å². The van der Waals surface area contributed by atoms with Crippen molar-refractivity contribution in [2.24, 2.45) is 5.92 Å². The molecule has 0 spiro atoms. The molecule has 0 N–H and O–H groups in total. The third-order valence-corrected chi connectivity index (χ3v) is 4.48. The summed E-state index contributed by atoms with van der Waals surface area (Å²) in [5, 5.41) is 4.04. The van der Waals surface area contributed by atoms with Gasteiger partial charge in [0.15, 0.2) is 13.7 Å². The number of piperidine rings is 1. The van der Waals surface area contributed by atoms with Crippen molar-refractivity contribution in [3.63, 3.8) is 0 Å². The zero-order valence-electron chi connectivity index (χ0n) is 15.0. The molecular weight excluding hydrogens is 303 g/mol. The molecular formula is C17H25BN4O2. The summed E-state index contributed by atoms with van der Waals surface area (Å²) < 4.78 is 11.4. The van der Waals surface area contributed by atoms with Gasteiger partial charge in [-0.3, -0.25) is 4.98 Å². The van der Waals surface area contributed by atoms with E-state index in [9.17, 15) is 0 Å². The van der Waals surface area contributed by atoms with E-state index in [1.807, 2.05) is 26.9 Å². The zero-order chi connectivity index (χ0) is 17.1. The summed E-state index contributed by atoms with van der Waals surface area (Å²) in [7, 11) is 1.99. The summed E-state index contributed by atoms with van der Waals surface area (Å²) in [6.07, 6.45) is 2.13. The number of rotatable bonds is 5. The molecule has 0 radical (unpaired) electrons. The van der Waals surface area contributed by atoms with Gasteiger partial charge in [0.1, 0.15) is 5.75 Å². The fourth-order valence-electron chi connectivity index (χ4n) is 2.91. The molecule has 0 unspecified atom stereocenters. The fraction of sp³-hybridized carbons (Fsp3) is 0.588. The van der Waals surface area contributed by atoms with Gasteiger partial charge in [-0.05, 0) is 43.4 Å². The highest BCUT2D eigenvalue weighted by Crippen LogP contribution is 2.24. The molecule has 2 aromatic heterocycles. The van der Waals surface area contributed by atoms with Crippen molar-refractivity contribution < 1.29 is 9.26 Å². The maximum atomic E-state index is 5.98. The van der Waals surface area contributed by atoms with E-state index >= 15 is 0 Å². The lowest BCUT2D eigenvalue weighted by Crippen LogP contribution is -2.35. The first-order chi connectivity index (χ1) is 11.5. The average Bonchev–Trinajstić information content (AvgIpc) is 3.05. The van der Waals surface area contributed by atoms with Crippen LogP contribution in [0.15, 0.2) is 16.7 Å². The number of nitrogens with zero attached hydrogens (tertiary/aromatic N) is 4. The lowest BCUT2D eigenvalue weighted by atomic mass is 9.98. The van der Waals surface area contributed by atoms with E-state index in [0.717, 1.165) is 55.4 Å². The SMILES string of the molecule is Bc1ccc(OCC2CCN(c3nc(C(C)C)no3)CC2)c(C)n1. The summed E-state index contributed by atoms with van der Waals surface area (Å²) >= 11 is 0. The van der Waals surface area contributed by atoms with E-state index in [4.69, 9.17) is 9.26 Å². The van der Waals surface area contributed by atoms with E-state index in [2.05, 4.69) is 33.9 Å². The van der Waals surface area contributed by atoms with Gasteiger partial charge in [0.05, 0.1) is 12.3 Å². The number of anilines is 1. The van der Waals surface area contributed by atoms with Crippen LogP contribution < -0.4 is 15.2 Å². The van der Waals surface area contributed by atoms with Gasteiger partial charge in [-0.1, -0.05) is 19.0 Å². The van der Waals surface area contributed by atoms with Gasteiger partial charge in [-0.2, -0.15) is 4.98 Å². The molecule has 0 saturated carbocycles. The van der Waals surface area contributed by atoms with Crippen LogP contribution in [0.4, 0.5) is 6.01 Å². The predicted octanol–water partition coefficient (Wildman–Crippen LogP) is 1.45. The normalized spacial score (nSPS) is 15.9. The Bertz CT molecular complexity index is 681. The molecule has 0 amide bonds. The van der Waals surface area contributed by atoms with Crippen molar-refractivity contribution in [3.8, 4) is 5.75 Å². The van der Waals surface area contributed by atoms with E-state index in [1.54, 1.807) is 0 Å². The first-order valence-corrected chi connectivity index (χ1v) is 8.68. The Morgan fingerprint density at radius 2 is 2.04 bits per heavy atom. The molecule has 1 aliphatic rings. The van der Waals surface area contributed by atoms with Crippen LogP contribution in [0.25, 0.3) is 0 Å². The molecule has 0 aliphatic carbocycles. The Hall–Kier alpha value is -2.05. The second-order valence-corrected chi connectivity index (χ2v) is 6.87. The van der Waals surface area contributed by atoms with Crippen LogP contribution in [0.1, 0.15) is 44.1 Å². The van der Waals surface area contributed by atoms with Crippen LogP contribution in [0, 0.1) is 12.8 Å². The van der Waals surface area contributed by atoms with Gasteiger partial charge in [0, 0.05) is 19.0 Å². The first-order valence-electron chi connectivity index (χ1n) is 8.68. The molecule has 128 valence electrons. The molecule has 1 saturated heterocycles. The Labute approximate surface area is 144 Å². The molecule has 0 bridgehead atoms. The molecule has 24 heavy (non-hydrogen) atoms. The van der Waals surface area contributed by atoms with Crippen LogP contribution in [0.2, 0.25) is 0 Å². The number of ether oxygens (including phenoxy) is 1. The lowest BCUT2D eigenvalue weighted by Gasteiger charge is -2.30.